The van der Waals surface area contributed by atoms with Crippen LogP contribution in [0, 0.1) is 5.82 Å². The number of halogens is 1. The molecule has 0 heterocycles. The van der Waals surface area contributed by atoms with Crippen molar-refractivity contribution in [1.29, 1.82) is 0 Å². The molecule has 1 rings (SSSR count). The molecule has 4 nitrogen and oxygen atoms in total. The van der Waals surface area contributed by atoms with Crippen molar-refractivity contribution >= 4 is 29.0 Å². The lowest BCUT2D eigenvalue weighted by atomic mass is 10.2. The maximum absolute atomic E-state index is 12.9. The molecular formula is C14H22FN3OS. The summed E-state index contributed by atoms with van der Waals surface area (Å²) in [5.74, 6) is 1.54. The quantitative estimate of drug-likeness (QED) is 0.572. The molecule has 20 heavy (non-hydrogen) atoms. The van der Waals surface area contributed by atoms with Crippen LogP contribution in [0.25, 0.3) is 0 Å². The molecule has 0 saturated carbocycles. The number of thioether (sulfide) groups is 1. The van der Waals surface area contributed by atoms with Crippen molar-refractivity contribution in [3.63, 3.8) is 0 Å². The maximum Gasteiger partial charge on any atom is 0.224 e. The summed E-state index contributed by atoms with van der Waals surface area (Å²) in [6, 6.07) is 3.96. The van der Waals surface area contributed by atoms with Crippen molar-refractivity contribution < 1.29 is 9.18 Å². The standard InChI is InChI=1S/C14H22FN3OS/c1-18(2)7-9-20-8-3-4-14(19)17-13-6-5-11(15)10-12(13)16/h5-6,10H,3-4,7-9,16H2,1-2H3,(H,17,19). The van der Waals surface area contributed by atoms with E-state index in [9.17, 15) is 9.18 Å². The molecule has 0 fully saturated rings. The Balaban J connectivity index is 2.20. The number of nitrogens with two attached hydrogens (primary N) is 1. The van der Waals surface area contributed by atoms with Gasteiger partial charge in [0.2, 0.25) is 5.91 Å². The van der Waals surface area contributed by atoms with E-state index in [1.54, 1.807) is 0 Å². The maximum atomic E-state index is 12.9. The van der Waals surface area contributed by atoms with Crippen LogP contribution in [0.15, 0.2) is 18.2 Å². The summed E-state index contributed by atoms with van der Waals surface area (Å²) in [6.45, 7) is 1.04. The summed E-state index contributed by atoms with van der Waals surface area (Å²) >= 11 is 1.84. The molecule has 0 aromatic heterocycles. The van der Waals surface area contributed by atoms with E-state index >= 15 is 0 Å². The Morgan fingerprint density at radius 3 is 2.80 bits per heavy atom. The Kier molecular flexibility index (Phi) is 7.40. The van der Waals surface area contributed by atoms with Crippen LogP contribution < -0.4 is 11.1 Å². The first kappa shape index (κ1) is 16.8. The predicted octanol–water partition coefficient (Wildman–Crippen LogP) is 2.42. The van der Waals surface area contributed by atoms with Crippen LogP contribution >= 0.6 is 11.8 Å². The Labute approximate surface area is 123 Å². The summed E-state index contributed by atoms with van der Waals surface area (Å²) in [4.78, 5) is 13.8. The summed E-state index contributed by atoms with van der Waals surface area (Å²) < 4.78 is 12.9. The van der Waals surface area contributed by atoms with Gasteiger partial charge in [0.05, 0.1) is 11.4 Å². The van der Waals surface area contributed by atoms with Gasteiger partial charge in [0.15, 0.2) is 0 Å². The van der Waals surface area contributed by atoms with Crippen molar-refractivity contribution in [3.8, 4) is 0 Å². The van der Waals surface area contributed by atoms with Crippen molar-refractivity contribution in [3.05, 3.63) is 24.0 Å². The molecule has 0 unspecified atom stereocenters. The molecule has 0 aliphatic carbocycles. The Morgan fingerprint density at radius 1 is 1.40 bits per heavy atom. The number of carbonyl (C=O) groups is 1. The van der Waals surface area contributed by atoms with Gasteiger partial charge in [0.25, 0.3) is 0 Å². The first-order chi connectivity index (χ1) is 9.49. The van der Waals surface area contributed by atoms with Gasteiger partial charge in [-0.05, 0) is 44.5 Å². The van der Waals surface area contributed by atoms with Crippen molar-refractivity contribution in [2.75, 3.05) is 43.2 Å². The van der Waals surface area contributed by atoms with Gasteiger partial charge in [-0.2, -0.15) is 11.8 Å². The number of carbonyl (C=O) groups excluding carboxylic acids is 1. The molecule has 0 radical (unpaired) electrons. The average Bonchev–Trinajstić information content (AvgIpc) is 2.36. The van der Waals surface area contributed by atoms with Crippen LogP contribution in [0.1, 0.15) is 12.8 Å². The topological polar surface area (TPSA) is 58.4 Å². The monoisotopic (exact) mass is 299 g/mol. The lowest BCUT2D eigenvalue weighted by Gasteiger charge is -2.09. The van der Waals surface area contributed by atoms with Crippen LogP contribution in [0.2, 0.25) is 0 Å². The van der Waals surface area contributed by atoms with E-state index in [1.807, 2.05) is 25.9 Å². The third kappa shape index (κ3) is 6.77. The highest BCUT2D eigenvalue weighted by Crippen LogP contribution is 2.19. The number of amides is 1. The normalized spacial score (nSPS) is 10.8. The number of nitrogens with one attached hydrogen (secondary N) is 1. The lowest BCUT2D eigenvalue weighted by Crippen LogP contribution is -2.15. The minimum Gasteiger partial charge on any atom is -0.397 e. The predicted molar refractivity (Wildman–Crippen MR) is 84.6 cm³/mol. The van der Waals surface area contributed by atoms with Gasteiger partial charge in [-0.1, -0.05) is 0 Å². The van der Waals surface area contributed by atoms with Gasteiger partial charge >= 0.3 is 0 Å². The molecule has 1 aromatic carbocycles. The van der Waals surface area contributed by atoms with E-state index in [0.717, 1.165) is 24.5 Å². The van der Waals surface area contributed by atoms with E-state index in [0.29, 0.717) is 12.1 Å². The number of nitrogens with zero attached hydrogens (tertiary/aromatic N) is 1. The smallest absolute Gasteiger partial charge is 0.224 e. The zero-order chi connectivity index (χ0) is 15.0. The zero-order valence-electron chi connectivity index (χ0n) is 12.0. The van der Waals surface area contributed by atoms with E-state index in [-0.39, 0.29) is 11.6 Å². The molecule has 0 aliphatic heterocycles. The molecule has 0 spiro atoms. The molecule has 112 valence electrons. The van der Waals surface area contributed by atoms with E-state index < -0.39 is 5.82 Å². The first-order valence-corrected chi connectivity index (χ1v) is 7.72. The number of nitrogen functional groups attached to an aromatic ring is 1. The molecule has 0 atom stereocenters. The summed E-state index contributed by atoms with van der Waals surface area (Å²) in [5.41, 5.74) is 6.35. The second-order valence-electron chi connectivity index (χ2n) is 4.80. The van der Waals surface area contributed by atoms with Crippen LogP contribution in [0.3, 0.4) is 0 Å². The average molecular weight is 299 g/mol. The number of hydrogen-bond donors (Lipinski definition) is 2. The molecule has 0 bridgehead atoms. The zero-order valence-corrected chi connectivity index (χ0v) is 12.8. The number of anilines is 2. The molecule has 0 saturated heterocycles. The highest BCUT2D eigenvalue weighted by Gasteiger charge is 2.06. The van der Waals surface area contributed by atoms with Crippen LogP contribution in [-0.2, 0) is 4.79 Å². The molecule has 0 aliphatic rings. The van der Waals surface area contributed by atoms with Crippen LogP contribution in [0.4, 0.5) is 15.8 Å². The largest absolute Gasteiger partial charge is 0.397 e. The third-order valence-electron chi connectivity index (χ3n) is 2.66. The summed E-state index contributed by atoms with van der Waals surface area (Å²) in [6.07, 6.45) is 1.27. The van der Waals surface area contributed by atoms with Gasteiger partial charge in [0.1, 0.15) is 5.82 Å². The summed E-state index contributed by atoms with van der Waals surface area (Å²) in [5, 5.41) is 2.70. The minimum atomic E-state index is -0.405. The van der Waals surface area contributed by atoms with Gasteiger partial charge in [-0.3, -0.25) is 4.79 Å². The highest BCUT2D eigenvalue weighted by atomic mass is 32.2. The van der Waals surface area contributed by atoms with E-state index in [4.69, 9.17) is 5.73 Å². The number of hydrogen-bond acceptors (Lipinski definition) is 4. The Morgan fingerprint density at radius 2 is 2.15 bits per heavy atom. The fourth-order valence-corrected chi connectivity index (χ4v) is 2.59. The number of rotatable bonds is 8. The Hall–Kier alpha value is -1.27. The van der Waals surface area contributed by atoms with Crippen molar-refractivity contribution in [2.45, 2.75) is 12.8 Å². The van der Waals surface area contributed by atoms with E-state index in [1.165, 1.54) is 18.2 Å². The Bertz CT molecular complexity index is 440. The van der Waals surface area contributed by atoms with Gasteiger partial charge in [-0.15, -0.1) is 0 Å². The van der Waals surface area contributed by atoms with Crippen LogP contribution in [0.5, 0.6) is 0 Å². The molecule has 3 N–H and O–H groups in total. The second-order valence-corrected chi connectivity index (χ2v) is 6.02. The SMILES string of the molecule is CN(C)CCSCCCC(=O)Nc1ccc(F)cc1N. The fourth-order valence-electron chi connectivity index (χ4n) is 1.54. The molecule has 6 heteroatoms. The fraction of sp³-hybridized carbons (Fsp3) is 0.500. The number of benzene rings is 1. The second kappa shape index (κ2) is 8.81. The van der Waals surface area contributed by atoms with Crippen molar-refractivity contribution in [2.24, 2.45) is 0 Å². The minimum absolute atomic E-state index is 0.0866. The van der Waals surface area contributed by atoms with Crippen LogP contribution in [-0.4, -0.2) is 43.0 Å². The molecular weight excluding hydrogens is 277 g/mol. The van der Waals surface area contributed by atoms with E-state index in [2.05, 4.69) is 10.2 Å². The third-order valence-corrected chi connectivity index (χ3v) is 3.71. The van der Waals surface area contributed by atoms with Crippen molar-refractivity contribution in [1.82, 2.24) is 4.90 Å². The first-order valence-electron chi connectivity index (χ1n) is 6.56. The molecule has 1 aromatic rings. The van der Waals surface area contributed by atoms with Gasteiger partial charge in [0, 0.05) is 18.7 Å². The molecule has 1 amide bonds. The summed E-state index contributed by atoms with van der Waals surface area (Å²) in [7, 11) is 4.09. The van der Waals surface area contributed by atoms with Gasteiger partial charge in [-0.25, -0.2) is 4.39 Å². The van der Waals surface area contributed by atoms with Gasteiger partial charge < -0.3 is 16.0 Å². The highest BCUT2D eigenvalue weighted by molar-refractivity contribution is 7.99. The lowest BCUT2D eigenvalue weighted by molar-refractivity contribution is -0.116.